The Bertz CT molecular complexity index is 809. The fraction of sp³-hybridized carbons (Fsp3) is 0.611. The number of thioether (sulfide) groups is 1. The van der Waals surface area contributed by atoms with Crippen molar-refractivity contribution in [3.05, 3.63) is 20.8 Å². The smallest absolute Gasteiger partial charge is 0.263 e. The van der Waals surface area contributed by atoms with Crippen LogP contribution in [-0.4, -0.2) is 27.8 Å². The molecule has 5 nitrogen and oxygen atoms in total. The van der Waals surface area contributed by atoms with E-state index < -0.39 is 0 Å². The summed E-state index contributed by atoms with van der Waals surface area (Å²) < 4.78 is 1.70. The Morgan fingerprint density at radius 3 is 2.68 bits per heavy atom. The van der Waals surface area contributed by atoms with Crippen molar-refractivity contribution >= 4 is 39.2 Å². The number of carbonyl (C=O) groups excluding carboxylic acids is 1. The van der Waals surface area contributed by atoms with Crippen molar-refractivity contribution < 1.29 is 4.79 Å². The minimum atomic E-state index is -0.00991. The molecule has 0 unspecified atom stereocenters. The molecule has 0 aromatic carbocycles. The molecule has 0 aliphatic heterocycles. The van der Waals surface area contributed by atoms with Gasteiger partial charge in [0.2, 0.25) is 5.91 Å². The van der Waals surface area contributed by atoms with Crippen molar-refractivity contribution in [1.82, 2.24) is 14.9 Å². The Kier molecular flexibility index (Phi) is 7.07. The molecule has 2 rings (SSSR count). The van der Waals surface area contributed by atoms with Gasteiger partial charge in [-0.1, -0.05) is 31.5 Å². The molecule has 2 aromatic heterocycles. The number of hydrogen-bond acceptors (Lipinski definition) is 5. The van der Waals surface area contributed by atoms with Crippen LogP contribution in [0.5, 0.6) is 0 Å². The van der Waals surface area contributed by atoms with Gasteiger partial charge in [0.05, 0.1) is 11.1 Å². The van der Waals surface area contributed by atoms with E-state index in [0.717, 1.165) is 34.5 Å². The van der Waals surface area contributed by atoms with Crippen LogP contribution in [0.2, 0.25) is 0 Å². The minimum Gasteiger partial charge on any atom is -0.355 e. The van der Waals surface area contributed by atoms with Crippen molar-refractivity contribution in [3.8, 4) is 0 Å². The van der Waals surface area contributed by atoms with E-state index in [1.807, 2.05) is 27.7 Å². The molecule has 1 amide bonds. The summed E-state index contributed by atoms with van der Waals surface area (Å²) in [6.07, 6.45) is 3.26. The highest BCUT2D eigenvalue weighted by Gasteiger charge is 2.19. The summed E-state index contributed by atoms with van der Waals surface area (Å²) in [5.74, 6) is 0.268. The topological polar surface area (TPSA) is 64.0 Å². The lowest BCUT2D eigenvalue weighted by molar-refractivity contribution is -0.118. The largest absolute Gasteiger partial charge is 0.355 e. The van der Waals surface area contributed by atoms with Crippen molar-refractivity contribution in [1.29, 1.82) is 0 Å². The predicted molar refractivity (Wildman–Crippen MR) is 107 cm³/mol. The van der Waals surface area contributed by atoms with E-state index in [1.165, 1.54) is 11.8 Å². The van der Waals surface area contributed by atoms with Crippen LogP contribution in [0.4, 0.5) is 0 Å². The van der Waals surface area contributed by atoms with Gasteiger partial charge >= 0.3 is 0 Å². The van der Waals surface area contributed by atoms with Crippen LogP contribution < -0.4 is 10.9 Å². The van der Waals surface area contributed by atoms with Gasteiger partial charge in [0, 0.05) is 17.5 Å². The van der Waals surface area contributed by atoms with Crippen LogP contribution in [0.1, 0.15) is 56.5 Å². The molecule has 0 radical (unpaired) electrons. The van der Waals surface area contributed by atoms with Crippen LogP contribution in [0, 0.1) is 13.8 Å². The molecule has 0 bridgehead atoms. The Morgan fingerprint density at radius 1 is 1.32 bits per heavy atom. The number of rotatable bonds is 8. The van der Waals surface area contributed by atoms with E-state index >= 15 is 0 Å². The summed E-state index contributed by atoms with van der Waals surface area (Å²) in [5.41, 5.74) is 1.00. The summed E-state index contributed by atoms with van der Waals surface area (Å²) >= 11 is 2.88. The number of unbranched alkanes of at least 4 members (excludes halogenated alkanes) is 2. The maximum atomic E-state index is 12.9. The van der Waals surface area contributed by atoms with Crippen LogP contribution in [0.15, 0.2) is 9.95 Å². The Hall–Kier alpha value is -1.34. The summed E-state index contributed by atoms with van der Waals surface area (Å²) in [5, 5.41) is 4.26. The number of fused-ring (bicyclic) bond motifs is 1. The van der Waals surface area contributed by atoms with E-state index in [0.29, 0.717) is 17.1 Å². The second kappa shape index (κ2) is 8.85. The fourth-order valence-electron chi connectivity index (χ4n) is 2.63. The zero-order valence-electron chi connectivity index (χ0n) is 15.6. The predicted octanol–water partition coefficient (Wildman–Crippen LogP) is 4.05. The number of hydrogen-bond donors (Lipinski definition) is 1. The van der Waals surface area contributed by atoms with Gasteiger partial charge in [0.25, 0.3) is 5.56 Å². The number of aryl methyl sites for hydroxylation is 2. The Morgan fingerprint density at radius 2 is 2.04 bits per heavy atom. The monoisotopic (exact) mass is 381 g/mol. The first-order chi connectivity index (χ1) is 11.9. The van der Waals surface area contributed by atoms with Gasteiger partial charge in [-0.2, -0.15) is 0 Å². The number of aromatic nitrogens is 2. The Balaban J connectivity index is 2.21. The third kappa shape index (κ3) is 4.64. The van der Waals surface area contributed by atoms with Crippen molar-refractivity contribution in [2.24, 2.45) is 0 Å². The van der Waals surface area contributed by atoms with Crippen molar-refractivity contribution in [2.75, 3.05) is 12.3 Å². The third-order valence-electron chi connectivity index (χ3n) is 4.15. The molecule has 0 saturated carbocycles. The highest BCUT2D eigenvalue weighted by atomic mass is 32.2. The first-order valence-electron chi connectivity index (χ1n) is 8.78. The fourth-order valence-corrected chi connectivity index (χ4v) is 4.66. The molecule has 0 saturated heterocycles. The van der Waals surface area contributed by atoms with Gasteiger partial charge in [0.1, 0.15) is 4.83 Å². The summed E-state index contributed by atoms with van der Waals surface area (Å²) in [6, 6.07) is -0.000813. The van der Waals surface area contributed by atoms with Gasteiger partial charge in [-0.15, -0.1) is 11.3 Å². The number of amides is 1. The van der Waals surface area contributed by atoms with Crippen LogP contribution in [0.25, 0.3) is 10.2 Å². The first-order valence-corrected chi connectivity index (χ1v) is 10.6. The lowest BCUT2D eigenvalue weighted by atomic mass is 10.2. The normalized spacial score (nSPS) is 11.4. The molecule has 138 valence electrons. The number of thiophene rings is 1. The highest BCUT2D eigenvalue weighted by Crippen LogP contribution is 2.29. The molecule has 0 fully saturated rings. The van der Waals surface area contributed by atoms with Gasteiger partial charge < -0.3 is 5.32 Å². The van der Waals surface area contributed by atoms with Crippen molar-refractivity contribution in [2.45, 2.75) is 65.1 Å². The summed E-state index contributed by atoms with van der Waals surface area (Å²) in [7, 11) is 0. The Labute approximate surface area is 157 Å². The van der Waals surface area contributed by atoms with E-state index in [4.69, 9.17) is 0 Å². The second-order valence-electron chi connectivity index (χ2n) is 6.47. The van der Waals surface area contributed by atoms with Gasteiger partial charge in [-0.3, -0.25) is 14.2 Å². The summed E-state index contributed by atoms with van der Waals surface area (Å²) in [6.45, 7) is 10.8. The zero-order chi connectivity index (χ0) is 18.6. The van der Waals surface area contributed by atoms with E-state index in [2.05, 4.69) is 17.2 Å². The molecule has 7 heteroatoms. The zero-order valence-corrected chi connectivity index (χ0v) is 17.3. The van der Waals surface area contributed by atoms with Crippen LogP contribution >= 0.6 is 23.1 Å². The molecular formula is C18H27N3O2S2. The third-order valence-corrected chi connectivity index (χ3v) is 6.21. The standard InChI is InChI=1S/C18H27N3O2S2/c1-6-7-8-9-19-14(22)10-24-18-20-16-15(12(4)13(5)25-16)17(23)21(18)11(2)3/h11H,6-10H2,1-5H3,(H,19,22). The SMILES string of the molecule is CCCCCNC(=O)CSc1nc2sc(C)c(C)c2c(=O)n1C(C)C. The summed E-state index contributed by atoms with van der Waals surface area (Å²) in [4.78, 5) is 31.5. The molecular weight excluding hydrogens is 354 g/mol. The van der Waals surface area contributed by atoms with Gasteiger partial charge in [0.15, 0.2) is 5.16 Å². The number of carbonyl (C=O) groups is 1. The molecule has 2 heterocycles. The maximum Gasteiger partial charge on any atom is 0.263 e. The molecule has 0 aliphatic rings. The van der Waals surface area contributed by atoms with Crippen molar-refractivity contribution in [3.63, 3.8) is 0 Å². The lowest BCUT2D eigenvalue weighted by Crippen LogP contribution is -2.28. The second-order valence-corrected chi connectivity index (χ2v) is 8.62. The van der Waals surface area contributed by atoms with Gasteiger partial charge in [-0.25, -0.2) is 4.98 Å². The van der Waals surface area contributed by atoms with E-state index in [-0.39, 0.29) is 23.3 Å². The minimum absolute atomic E-state index is 0.000813. The molecule has 0 spiro atoms. The first kappa shape index (κ1) is 20.0. The molecule has 2 aromatic rings. The van der Waals surface area contributed by atoms with Gasteiger partial charge in [-0.05, 0) is 39.7 Å². The quantitative estimate of drug-likeness (QED) is 0.425. The highest BCUT2D eigenvalue weighted by molar-refractivity contribution is 7.99. The molecule has 0 atom stereocenters. The molecule has 25 heavy (non-hydrogen) atoms. The number of nitrogens with one attached hydrogen (secondary N) is 1. The van der Waals surface area contributed by atoms with E-state index in [1.54, 1.807) is 15.9 Å². The van der Waals surface area contributed by atoms with Crippen LogP contribution in [-0.2, 0) is 4.79 Å². The lowest BCUT2D eigenvalue weighted by Gasteiger charge is -2.15. The maximum absolute atomic E-state index is 12.9. The average Bonchev–Trinajstić information content (AvgIpc) is 2.84. The molecule has 1 N–H and O–H groups in total. The number of nitrogens with zero attached hydrogens (tertiary/aromatic N) is 2. The average molecular weight is 382 g/mol. The van der Waals surface area contributed by atoms with E-state index in [9.17, 15) is 9.59 Å². The molecule has 0 aliphatic carbocycles. The van der Waals surface area contributed by atoms with Crippen LogP contribution in [0.3, 0.4) is 0 Å².